The summed E-state index contributed by atoms with van der Waals surface area (Å²) in [6.07, 6.45) is 4.83. The first-order chi connectivity index (χ1) is 18.3. The number of likely N-dealkylation sites (tertiary alicyclic amines) is 1. The Labute approximate surface area is 223 Å². The lowest BCUT2D eigenvalue weighted by Gasteiger charge is -2.38. The molecule has 198 valence electrons. The summed E-state index contributed by atoms with van der Waals surface area (Å²) in [6.45, 7) is 6.61. The van der Waals surface area contributed by atoms with Crippen molar-refractivity contribution in [2.24, 2.45) is 7.05 Å². The molecule has 0 aliphatic carbocycles. The second-order valence-electron chi connectivity index (χ2n) is 9.73. The third kappa shape index (κ3) is 6.03. The number of aryl methyl sites for hydroxylation is 4. The summed E-state index contributed by atoms with van der Waals surface area (Å²) < 4.78 is 36.0. The zero-order valence-corrected chi connectivity index (χ0v) is 22.6. The first-order valence-electron chi connectivity index (χ1n) is 12.7. The average molecular weight is 533 g/mol. The van der Waals surface area contributed by atoms with Crippen molar-refractivity contribution >= 4 is 16.0 Å². The second-order valence-corrected chi connectivity index (χ2v) is 11.4. The van der Waals surface area contributed by atoms with Crippen LogP contribution < -0.4 is 9.46 Å². The molecule has 1 aliphatic heterocycles. The third-order valence-electron chi connectivity index (χ3n) is 6.65. The van der Waals surface area contributed by atoms with Gasteiger partial charge in [0.25, 0.3) is 10.0 Å². The number of ether oxygens (including phenoxy) is 1. The molecule has 0 spiro atoms. The van der Waals surface area contributed by atoms with Gasteiger partial charge in [-0.15, -0.1) is 0 Å². The smallest absolute Gasteiger partial charge is 0.267 e. The van der Waals surface area contributed by atoms with Crippen molar-refractivity contribution < 1.29 is 13.2 Å². The van der Waals surface area contributed by atoms with Gasteiger partial charge in [-0.2, -0.15) is 10.1 Å². The highest BCUT2D eigenvalue weighted by Crippen LogP contribution is 2.30. The van der Waals surface area contributed by atoms with Crippen molar-refractivity contribution in [2.45, 2.75) is 37.7 Å². The Bertz CT molecular complexity index is 1490. The molecule has 1 saturated heterocycles. The van der Waals surface area contributed by atoms with Gasteiger partial charge in [0.2, 0.25) is 11.8 Å². The molecule has 4 aromatic rings. The third-order valence-corrected chi connectivity index (χ3v) is 7.93. The molecule has 38 heavy (non-hydrogen) atoms. The molecule has 2 aromatic heterocycles. The highest BCUT2D eigenvalue weighted by molar-refractivity contribution is 7.92. The molecule has 1 fully saturated rings. The lowest BCUT2D eigenvalue weighted by Crippen LogP contribution is -2.54. The number of hydrogen-bond acceptors (Lipinski definition) is 7. The van der Waals surface area contributed by atoms with Crippen LogP contribution in [0, 0.1) is 13.8 Å². The summed E-state index contributed by atoms with van der Waals surface area (Å²) in [5.41, 5.74) is 4.95. The van der Waals surface area contributed by atoms with Gasteiger partial charge in [0.1, 0.15) is 11.0 Å². The fraction of sp³-hybridized carbons (Fsp3) is 0.321. The van der Waals surface area contributed by atoms with Crippen molar-refractivity contribution in [1.29, 1.82) is 0 Å². The summed E-state index contributed by atoms with van der Waals surface area (Å²) in [5.74, 6) is 0.304. The van der Waals surface area contributed by atoms with Gasteiger partial charge in [-0.3, -0.25) is 9.58 Å². The van der Waals surface area contributed by atoms with Crippen molar-refractivity contribution in [3.05, 3.63) is 83.7 Å². The van der Waals surface area contributed by atoms with E-state index in [1.54, 1.807) is 13.1 Å². The summed E-state index contributed by atoms with van der Waals surface area (Å²) >= 11 is 0. The van der Waals surface area contributed by atoms with E-state index in [0.29, 0.717) is 11.6 Å². The maximum atomic E-state index is 13.0. The maximum absolute atomic E-state index is 13.0. The SMILES string of the molecule is Cc1cccc(C)c1-c1cc(OC2CN(CCCc3ccccc3)C2)nc(NS(=O)(=O)c2cnn(C)c2)n1. The monoisotopic (exact) mass is 532 g/mol. The van der Waals surface area contributed by atoms with E-state index in [4.69, 9.17) is 4.74 Å². The van der Waals surface area contributed by atoms with Gasteiger partial charge in [-0.1, -0.05) is 48.5 Å². The molecule has 1 aliphatic rings. The molecule has 0 bridgehead atoms. The largest absolute Gasteiger partial charge is 0.471 e. The predicted molar refractivity (Wildman–Crippen MR) is 147 cm³/mol. The van der Waals surface area contributed by atoms with Crippen LogP contribution in [0.4, 0.5) is 5.95 Å². The van der Waals surface area contributed by atoms with Gasteiger partial charge in [0.05, 0.1) is 11.9 Å². The number of rotatable bonds is 10. The molecule has 0 saturated carbocycles. The first kappa shape index (κ1) is 25.9. The molecule has 3 heterocycles. The van der Waals surface area contributed by atoms with Crippen LogP contribution in [-0.4, -0.2) is 58.8 Å². The fourth-order valence-electron chi connectivity index (χ4n) is 4.70. The Hall–Kier alpha value is -3.76. The van der Waals surface area contributed by atoms with E-state index < -0.39 is 10.0 Å². The number of hydrogen-bond donors (Lipinski definition) is 1. The van der Waals surface area contributed by atoms with Crippen LogP contribution in [0.1, 0.15) is 23.1 Å². The van der Waals surface area contributed by atoms with Crippen LogP contribution in [0.15, 0.2) is 71.9 Å². The van der Waals surface area contributed by atoms with Crippen LogP contribution in [0.2, 0.25) is 0 Å². The van der Waals surface area contributed by atoms with Crippen LogP contribution in [0.25, 0.3) is 11.3 Å². The second kappa shape index (κ2) is 10.9. The molecule has 2 aromatic carbocycles. The summed E-state index contributed by atoms with van der Waals surface area (Å²) in [4.78, 5) is 11.4. The van der Waals surface area contributed by atoms with E-state index in [1.807, 2.05) is 38.1 Å². The van der Waals surface area contributed by atoms with Crippen molar-refractivity contribution in [3.63, 3.8) is 0 Å². The maximum Gasteiger partial charge on any atom is 0.267 e. The number of nitrogens with zero attached hydrogens (tertiary/aromatic N) is 5. The molecule has 0 radical (unpaired) electrons. The van der Waals surface area contributed by atoms with Gasteiger partial charge in [-0.25, -0.2) is 18.1 Å². The number of anilines is 1. The predicted octanol–water partition coefficient (Wildman–Crippen LogP) is 3.99. The molecule has 1 N–H and O–H groups in total. The van der Waals surface area contributed by atoms with E-state index in [9.17, 15) is 8.42 Å². The van der Waals surface area contributed by atoms with E-state index in [-0.39, 0.29) is 16.9 Å². The lowest BCUT2D eigenvalue weighted by molar-refractivity contribution is 0.0168. The fourth-order valence-corrected chi connectivity index (χ4v) is 5.62. The standard InChI is InChI=1S/C28H32N6O3S/c1-20-9-7-10-21(2)27(20)25-15-26(31-28(30-25)32-38(35,36)24-16-29-33(3)19-24)37-23-17-34(18-23)14-8-13-22-11-5-4-6-12-22/h4-7,9-12,15-16,19,23H,8,13-14,17-18H2,1-3H3,(H,30,31,32). The zero-order chi connectivity index (χ0) is 26.7. The molecule has 0 amide bonds. The Balaban J connectivity index is 1.31. The molecule has 5 rings (SSSR count). The number of nitrogens with one attached hydrogen (secondary N) is 1. The number of benzene rings is 2. The van der Waals surface area contributed by atoms with Gasteiger partial charge < -0.3 is 4.74 Å². The van der Waals surface area contributed by atoms with E-state index in [2.05, 4.69) is 49.0 Å². The van der Waals surface area contributed by atoms with Crippen molar-refractivity contribution in [3.8, 4) is 17.1 Å². The van der Waals surface area contributed by atoms with Crippen LogP contribution >= 0.6 is 0 Å². The van der Waals surface area contributed by atoms with Crippen molar-refractivity contribution in [1.82, 2.24) is 24.6 Å². The molecule has 10 heteroatoms. The van der Waals surface area contributed by atoms with Crippen LogP contribution in [-0.2, 0) is 23.5 Å². The van der Waals surface area contributed by atoms with E-state index >= 15 is 0 Å². The Morgan fingerprint density at radius 3 is 2.45 bits per heavy atom. The first-order valence-corrected chi connectivity index (χ1v) is 14.2. The van der Waals surface area contributed by atoms with Gasteiger partial charge in [0, 0.05) is 38.0 Å². The summed E-state index contributed by atoms with van der Waals surface area (Å²) in [6, 6.07) is 18.3. The van der Waals surface area contributed by atoms with E-state index in [0.717, 1.165) is 49.2 Å². The highest BCUT2D eigenvalue weighted by Gasteiger charge is 2.29. The quantitative estimate of drug-likeness (QED) is 0.329. The van der Waals surface area contributed by atoms with Crippen LogP contribution in [0.5, 0.6) is 5.88 Å². The zero-order valence-electron chi connectivity index (χ0n) is 21.8. The Kier molecular flexibility index (Phi) is 7.44. The Morgan fingerprint density at radius 1 is 1.03 bits per heavy atom. The number of aromatic nitrogens is 4. The Morgan fingerprint density at radius 2 is 1.76 bits per heavy atom. The summed E-state index contributed by atoms with van der Waals surface area (Å²) in [7, 11) is -2.25. The molecule has 0 atom stereocenters. The van der Waals surface area contributed by atoms with Gasteiger partial charge in [-0.05, 0) is 49.9 Å². The topological polar surface area (TPSA) is 102 Å². The lowest BCUT2D eigenvalue weighted by atomic mass is 10.00. The van der Waals surface area contributed by atoms with Gasteiger partial charge in [0.15, 0.2) is 0 Å². The highest BCUT2D eigenvalue weighted by atomic mass is 32.2. The normalized spacial score (nSPS) is 14.3. The number of sulfonamides is 1. The minimum atomic E-state index is -3.91. The minimum absolute atomic E-state index is 0.0183. The van der Waals surface area contributed by atoms with Gasteiger partial charge >= 0.3 is 0 Å². The average Bonchev–Trinajstić information content (AvgIpc) is 3.30. The molecular formula is C28H32N6O3S. The van der Waals surface area contributed by atoms with Crippen LogP contribution in [0.3, 0.4) is 0 Å². The van der Waals surface area contributed by atoms with Crippen molar-refractivity contribution in [2.75, 3.05) is 24.4 Å². The molecular weight excluding hydrogens is 500 g/mol. The minimum Gasteiger partial charge on any atom is -0.471 e. The molecule has 0 unspecified atom stereocenters. The molecule has 9 nitrogen and oxygen atoms in total. The van der Waals surface area contributed by atoms with E-state index in [1.165, 1.54) is 22.6 Å². The summed E-state index contributed by atoms with van der Waals surface area (Å²) in [5, 5.41) is 3.96.